The molecule has 0 spiro atoms. The van der Waals surface area contributed by atoms with Crippen LogP contribution >= 0.6 is 7.60 Å². The molecule has 0 aliphatic carbocycles. The first kappa shape index (κ1) is 15.4. The number of aryl methyl sites for hydroxylation is 1. The van der Waals surface area contributed by atoms with E-state index in [2.05, 4.69) is 0 Å². The smallest absolute Gasteiger partial charge is 0.335 e. The summed E-state index contributed by atoms with van der Waals surface area (Å²) in [4.78, 5) is 0. The minimum absolute atomic E-state index is 0.213. The van der Waals surface area contributed by atoms with Crippen molar-refractivity contribution in [3.8, 4) is 0 Å². The minimum atomic E-state index is -3.09. The summed E-state index contributed by atoms with van der Waals surface area (Å²) >= 11 is 0. The van der Waals surface area contributed by atoms with Crippen LogP contribution in [0.4, 0.5) is 0 Å². The van der Waals surface area contributed by atoms with Crippen LogP contribution in [0.25, 0.3) is 0 Å². The van der Waals surface area contributed by atoms with E-state index in [4.69, 9.17) is 18.2 Å². The third-order valence-electron chi connectivity index (χ3n) is 2.49. The number of methoxy groups -OCH3 is 1. The van der Waals surface area contributed by atoms with Crippen molar-refractivity contribution >= 4 is 7.60 Å². The lowest BCUT2D eigenvalue weighted by Crippen LogP contribution is -2.01. The summed E-state index contributed by atoms with van der Waals surface area (Å²) in [6.07, 6.45) is 1.80. The predicted octanol–water partition coefficient (Wildman–Crippen LogP) is 3.50. The molecule has 0 unspecified atom stereocenters. The minimum Gasteiger partial charge on any atom is -0.469 e. The second-order valence-corrected chi connectivity index (χ2v) is 5.89. The van der Waals surface area contributed by atoms with Gasteiger partial charge < -0.3 is 18.2 Å². The van der Waals surface area contributed by atoms with Crippen molar-refractivity contribution in [2.24, 2.45) is 0 Å². The Morgan fingerprint density at radius 3 is 2.39 bits per heavy atom. The van der Waals surface area contributed by atoms with Crippen LogP contribution < -0.4 is 0 Å². The molecular weight excluding hydrogens is 255 g/mol. The van der Waals surface area contributed by atoms with Crippen molar-refractivity contribution < 1.29 is 22.8 Å². The highest BCUT2D eigenvalue weighted by Gasteiger charge is 2.27. The van der Waals surface area contributed by atoms with E-state index in [9.17, 15) is 4.57 Å². The maximum Gasteiger partial charge on any atom is 0.335 e. The van der Waals surface area contributed by atoms with Crippen LogP contribution in [0.5, 0.6) is 0 Å². The largest absolute Gasteiger partial charge is 0.469 e. The summed E-state index contributed by atoms with van der Waals surface area (Å²) in [5.74, 6) is 0.770. The van der Waals surface area contributed by atoms with Gasteiger partial charge in [-0.1, -0.05) is 0 Å². The third-order valence-corrected chi connectivity index (χ3v) is 4.53. The molecule has 0 saturated carbocycles. The Bertz CT molecular complexity index is 403. The number of rotatable bonds is 8. The first-order valence-corrected chi connectivity index (χ1v) is 7.72. The van der Waals surface area contributed by atoms with Crippen LogP contribution in [0.15, 0.2) is 10.7 Å². The first-order valence-electron chi connectivity index (χ1n) is 5.99. The van der Waals surface area contributed by atoms with Gasteiger partial charge in [0.2, 0.25) is 0 Å². The monoisotopic (exact) mass is 276 g/mol. The summed E-state index contributed by atoms with van der Waals surface area (Å²) in [6, 6.07) is 0. The van der Waals surface area contributed by atoms with Crippen molar-refractivity contribution in [1.82, 2.24) is 0 Å². The van der Waals surface area contributed by atoms with Crippen molar-refractivity contribution in [3.63, 3.8) is 0 Å². The lowest BCUT2D eigenvalue weighted by molar-refractivity contribution is 0.182. The van der Waals surface area contributed by atoms with Crippen molar-refractivity contribution in [2.45, 2.75) is 33.5 Å². The third kappa shape index (κ3) is 3.95. The summed E-state index contributed by atoms with van der Waals surface area (Å²) in [6.45, 7) is 6.58. The van der Waals surface area contributed by atoms with Crippen LogP contribution in [0.1, 0.15) is 30.7 Å². The van der Waals surface area contributed by atoms with Gasteiger partial charge in [-0.3, -0.25) is 4.57 Å². The zero-order valence-corrected chi connectivity index (χ0v) is 12.3. The van der Waals surface area contributed by atoms with Crippen LogP contribution in [0, 0.1) is 6.92 Å². The Kier molecular flexibility index (Phi) is 6.09. The Morgan fingerprint density at radius 1 is 1.28 bits per heavy atom. The van der Waals surface area contributed by atoms with Crippen LogP contribution in [-0.4, -0.2) is 20.3 Å². The summed E-state index contributed by atoms with van der Waals surface area (Å²) in [7, 11) is -1.48. The maximum absolute atomic E-state index is 12.4. The molecule has 1 heterocycles. The van der Waals surface area contributed by atoms with Crippen molar-refractivity contribution in [3.05, 3.63) is 23.2 Å². The van der Waals surface area contributed by atoms with Gasteiger partial charge in [-0.05, 0) is 20.8 Å². The molecule has 0 aromatic carbocycles. The molecular formula is C12H21O5P. The van der Waals surface area contributed by atoms with E-state index in [0.717, 1.165) is 16.9 Å². The normalized spacial score (nSPS) is 12.0. The molecule has 5 nitrogen and oxygen atoms in total. The number of furan rings is 1. The Balaban J connectivity index is 2.90. The molecule has 0 aliphatic heterocycles. The molecule has 0 bridgehead atoms. The average molecular weight is 276 g/mol. The highest BCUT2D eigenvalue weighted by atomic mass is 31.2. The first-order chi connectivity index (χ1) is 8.56. The van der Waals surface area contributed by atoms with Gasteiger partial charge in [-0.15, -0.1) is 0 Å². The summed E-state index contributed by atoms with van der Waals surface area (Å²) in [5, 5.41) is 0. The fraction of sp³-hybridized carbons (Fsp3) is 0.667. The Labute approximate surface area is 108 Å². The molecule has 0 saturated heterocycles. The number of hydrogen-bond acceptors (Lipinski definition) is 5. The van der Waals surface area contributed by atoms with Crippen LogP contribution in [-0.2, 0) is 31.1 Å². The van der Waals surface area contributed by atoms with Gasteiger partial charge in [0.25, 0.3) is 0 Å². The van der Waals surface area contributed by atoms with Gasteiger partial charge >= 0.3 is 7.60 Å². The molecule has 1 rings (SSSR count). The van der Waals surface area contributed by atoms with Gasteiger partial charge in [-0.2, -0.15) is 0 Å². The Hall–Kier alpha value is -0.610. The molecule has 0 N–H and O–H groups in total. The number of ether oxygens (including phenoxy) is 1. The summed E-state index contributed by atoms with van der Waals surface area (Å²) < 4.78 is 33.4. The van der Waals surface area contributed by atoms with Gasteiger partial charge in [0, 0.05) is 18.2 Å². The van der Waals surface area contributed by atoms with E-state index in [1.807, 2.05) is 6.92 Å². The van der Waals surface area contributed by atoms with Crippen LogP contribution in [0.2, 0.25) is 0 Å². The fourth-order valence-electron chi connectivity index (χ4n) is 1.73. The molecule has 0 atom stereocenters. The van der Waals surface area contributed by atoms with E-state index >= 15 is 0 Å². The maximum atomic E-state index is 12.4. The second-order valence-electron chi connectivity index (χ2n) is 3.83. The van der Waals surface area contributed by atoms with Crippen LogP contribution in [0.3, 0.4) is 0 Å². The molecule has 18 heavy (non-hydrogen) atoms. The van der Waals surface area contributed by atoms with E-state index in [1.54, 1.807) is 27.2 Å². The van der Waals surface area contributed by atoms with Crippen molar-refractivity contribution in [2.75, 3.05) is 20.3 Å². The topological polar surface area (TPSA) is 57.9 Å². The molecule has 104 valence electrons. The fourth-order valence-corrected chi connectivity index (χ4v) is 3.46. The van der Waals surface area contributed by atoms with Gasteiger partial charge in [0.1, 0.15) is 5.76 Å². The predicted molar refractivity (Wildman–Crippen MR) is 68.7 cm³/mol. The second kappa shape index (κ2) is 7.10. The van der Waals surface area contributed by atoms with E-state index in [-0.39, 0.29) is 6.16 Å². The van der Waals surface area contributed by atoms with Gasteiger partial charge in [0.05, 0.1) is 32.2 Å². The van der Waals surface area contributed by atoms with Gasteiger partial charge in [0.15, 0.2) is 0 Å². The molecule has 0 aliphatic rings. The lowest BCUT2D eigenvalue weighted by atomic mass is 10.2. The van der Waals surface area contributed by atoms with E-state index < -0.39 is 7.60 Å². The molecule has 1 aromatic heterocycles. The SMILES string of the molecule is CCOP(=O)(Cc1coc(C)c1COC)OCC. The Morgan fingerprint density at radius 2 is 1.89 bits per heavy atom. The zero-order valence-electron chi connectivity index (χ0n) is 11.4. The standard InChI is InChI=1S/C12H21O5P/c1-5-16-18(13,17-6-2)9-11-7-15-10(3)12(11)8-14-4/h7H,5-6,8-9H2,1-4H3. The molecule has 1 aromatic rings. The quantitative estimate of drug-likeness (QED) is 0.680. The van der Waals surface area contributed by atoms with E-state index in [0.29, 0.717) is 19.8 Å². The lowest BCUT2D eigenvalue weighted by Gasteiger charge is -2.16. The van der Waals surface area contributed by atoms with E-state index in [1.165, 1.54) is 0 Å². The molecule has 0 radical (unpaired) electrons. The zero-order chi connectivity index (χ0) is 13.6. The molecule has 6 heteroatoms. The average Bonchev–Trinajstić information content (AvgIpc) is 2.62. The molecule has 0 amide bonds. The molecule has 0 fully saturated rings. The van der Waals surface area contributed by atoms with Gasteiger partial charge in [-0.25, -0.2) is 0 Å². The highest BCUT2D eigenvalue weighted by Crippen LogP contribution is 2.52. The van der Waals surface area contributed by atoms with Crippen molar-refractivity contribution in [1.29, 1.82) is 0 Å². The highest BCUT2D eigenvalue weighted by molar-refractivity contribution is 7.53. The number of hydrogen-bond donors (Lipinski definition) is 0. The summed E-state index contributed by atoms with van der Waals surface area (Å²) in [5.41, 5.74) is 1.73.